The van der Waals surface area contributed by atoms with Gasteiger partial charge >= 0.3 is 5.97 Å². The molecule has 0 N–H and O–H groups in total. The molecule has 1 amide bonds. The molecule has 3 rings (SSSR count). The zero-order valence-corrected chi connectivity index (χ0v) is 19.4. The van der Waals surface area contributed by atoms with E-state index in [1.165, 1.54) is 4.31 Å². The minimum atomic E-state index is -3.58. The molecule has 1 aromatic carbocycles. The lowest BCUT2D eigenvalue weighted by Gasteiger charge is -2.30. The maximum atomic E-state index is 12.9. The van der Waals surface area contributed by atoms with Crippen LogP contribution >= 0.6 is 0 Å². The summed E-state index contributed by atoms with van der Waals surface area (Å²) in [6.45, 7) is 5.90. The molecule has 0 radical (unpaired) electrons. The highest BCUT2D eigenvalue weighted by Crippen LogP contribution is 2.26. The average molecular weight is 451 g/mol. The highest BCUT2D eigenvalue weighted by molar-refractivity contribution is 7.89. The van der Waals surface area contributed by atoms with Gasteiger partial charge in [0.05, 0.1) is 10.8 Å². The highest BCUT2D eigenvalue weighted by atomic mass is 32.2. The number of carbonyl (C=O) groups excluding carboxylic acids is 2. The molecule has 0 bridgehead atoms. The highest BCUT2D eigenvalue weighted by Gasteiger charge is 2.33. The van der Waals surface area contributed by atoms with Gasteiger partial charge in [0, 0.05) is 26.2 Å². The Morgan fingerprint density at radius 1 is 0.968 bits per heavy atom. The molecule has 0 aliphatic carbocycles. The summed E-state index contributed by atoms with van der Waals surface area (Å²) in [5, 5.41) is 0. The Morgan fingerprint density at radius 2 is 1.55 bits per heavy atom. The van der Waals surface area contributed by atoms with Crippen LogP contribution in [0.15, 0.2) is 29.2 Å². The van der Waals surface area contributed by atoms with Crippen LogP contribution in [0, 0.1) is 5.92 Å². The summed E-state index contributed by atoms with van der Waals surface area (Å²) in [4.78, 5) is 26.8. The summed E-state index contributed by atoms with van der Waals surface area (Å²) in [7, 11) is -3.58. The van der Waals surface area contributed by atoms with Crippen molar-refractivity contribution >= 4 is 21.9 Å². The standard InChI is InChI=1S/C23H34N2O5S/c1-18(2)19-7-9-21(10-8-19)31(28,29)25-15-11-20(12-16-25)23(27)30-17-22(26)24-13-5-3-4-6-14-24/h7-10,18,20H,3-6,11-17H2,1-2H3. The second-order valence-electron chi connectivity index (χ2n) is 8.80. The van der Waals surface area contributed by atoms with Gasteiger partial charge in [-0.3, -0.25) is 9.59 Å². The van der Waals surface area contributed by atoms with Gasteiger partial charge < -0.3 is 9.64 Å². The number of ether oxygens (including phenoxy) is 1. The summed E-state index contributed by atoms with van der Waals surface area (Å²) in [6, 6.07) is 7.00. The Balaban J connectivity index is 1.49. The Hall–Kier alpha value is -1.93. The first-order chi connectivity index (χ1) is 14.8. The van der Waals surface area contributed by atoms with Crippen molar-refractivity contribution in [3.63, 3.8) is 0 Å². The van der Waals surface area contributed by atoms with E-state index >= 15 is 0 Å². The van der Waals surface area contributed by atoms with Crippen molar-refractivity contribution in [1.82, 2.24) is 9.21 Å². The molecule has 8 heteroatoms. The van der Waals surface area contributed by atoms with Crippen molar-refractivity contribution in [3.05, 3.63) is 29.8 Å². The van der Waals surface area contributed by atoms with Crippen LogP contribution < -0.4 is 0 Å². The van der Waals surface area contributed by atoms with Gasteiger partial charge in [0.15, 0.2) is 6.61 Å². The van der Waals surface area contributed by atoms with Gasteiger partial charge in [0.25, 0.3) is 5.91 Å². The number of hydrogen-bond donors (Lipinski definition) is 0. The van der Waals surface area contributed by atoms with E-state index in [2.05, 4.69) is 13.8 Å². The van der Waals surface area contributed by atoms with Crippen molar-refractivity contribution in [2.45, 2.75) is 63.2 Å². The lowest BCUT2D eigenvalue weighted by atomic mass is 9.98. The summed E-state index contributed by atoms with van der Waals surface area (Å²) in [5.74, 6) is -0.571. The number of piperidine rings is 1. The molecular weight excluding hydrogens is 416 g/mol. The molecule has 0 saturated carbocycles. The molecule has 2 heterocycles. The molecule has 0 aromatic heterocycles. The minimum Gasteiger partial charge on any atom is -0.455 e. The third kappa shape index (κ3) is 6.07. The number of sulfonamides is 1. The fraction of sp³-hybridized carbons (Fsp3) is 0.652. The van der Waals surface area contributed by atoms with Gasteiger partial charge in [0.2, 0.25) is 10.0 Å². The summed E-state index contributed by atoms with van der Waals surface area (Å²) in [5.41, 5.74) is 1.09. The van der Waals surface area contributed by atoms with Crippen molar-refractivity contribution in [1.29, 1.82) is 0 Å². The van der Waals surface area contributed by atoms with Gasteiger partial charge in [-0.05, 0) is 49.3 Å². The molecular formula is C23H34N2O5S. The molecule has 1 aromatic rings. The quantitative estimate of drug-likeness (QED) is 0.622. The van der Waals surface area contributed by atoms with Crippen LogP contribution in [-0.2, 0) is 24.3 Å². The monoisotopic (exact) mass is 450 g/mol. The minimum absolute atomic E-state index is 0.139. The molecule has 172 valence electrons. The van der Waals surface area contributed by atoms with Gasteiger partial charge in [0.1, 0.15) is 0 Å². The second kappa shape index (κ2) is 10.6. The molecule has 0 unspecified atom stereocenters. The average Bonchev–Trinajstić information content (AvgIpc) is 3.07. The van der Waals surface area contributed by atoms with Crippen LogP contribution in [-0.4, -0.2) is 62.3 Å². The first kappa shape index (κ1) is 23.7. The fourth-order valence-corrected chi connectivity index (χ4v) is 5.64. The normalized spacial score (nSPS) is 19.3. The lowest BCUT2D eigenvalue weighted by Crippen LogP contribution is -2.41. The Kier molecular flexibility index (Phi) is 8.11. The third-order valence-corrected chi connectivity index (χ3v) is 8.18. The first-order valence-corrected chi connectivity index (χ1v) is 12.8. The number of rotatable bonds is 6. The number of nitrogens with zero attached hydrogens (tertiary/aromatic N) is 2. The molecule has 2 aliphatic rings. The summed E-state index contributed by atoms with van der Waals surface area (Å²) in [6.07, 6.45) is 5.06. The van der Waals surface area contributed by atoms with Crippen molar-refractivity contribution in [3.8, 4) is 0 Å². The van der Waals surface area contributed by atoms with Crippen LogP contribution in [0.2, 0.25) is 0 Å². The van der Waals surface area contributed by atoms with Gasteiger partial charge in [-0.2, -0.15) is 4.31 Å². The molecule has 2 aliphatic heterocycles. The van der Waals surface area contributed by atoms with Gasteiger partial charge in [-0.25, -0.2) is 8.42 Å². The van der Waals surface area contributed by atoms with Crippen LogP contribution in [0.5, 0.6) is 0 Å². The number of likely N-dealkylation sites (tertiary alicyclic amines) is 1. The molecule has 7 nitrogen and oxygen atoms in total. The van der Waals surface area contributed by atoms with E-state index in [-0.39, 0.29) is 36.4 Å². The number of benzene rings is 1. The zero-order valence-electron chi connectivity index (χ0n) is 18.6. The third-order valence-electron chi connectivity index (χ3n) is 6.27. The van der Waals surface area contributed by atoms with Crippen molar-refractivity contribution in [2.75, 3.05) is 32.8 Å². The van der Waals surface area contributed by atoms with E-state index in [0.717, 1.165) is 44.3 Å². The molecule has 31 heavy (non-hydrogen) atoms. The maximum absolute atomic E-state index is 12.9. The van der Waals surface area contributed by atoms with E-state index in [0.29, 0.717) is 18.8 Å². The van der Waals surface area contributed by atoms with Gasteiger partial charge in [-0.15, -0.1) is 0 Å². The maximum Gasteiger partial charge on any atom is 0.309 e. The molecule has 2 fully saturated rings. The largest absolute Gasteiger partial charge is 0.455 e. The Morgan fingerprint density at radius 3 is 2.10 bits per heavy atom. The van der Waals surface area contributed by atoms with Crippen LogP contribution in [0.1, 0.15) is 63.9 Å². The van der Waals surface area contributed by atoms with Crippen molar-refractivity contribution in [2.24, 2.45) is 5.92 Å². The first-order valence-electron chi connectivity index (χ1n) is 11.3. The number of carbonyl (C=O) groups is 2. The number of amides is 1. The fourth-order valence-electron chi connectivity index (χ4n) is 4.17. The van der Waals surface area contributed by atoms with Crippen LogP contribution in [0.4, 0.5) is 0 Å². The van der Waals surface area contributed by atoms with Gasteiger partial charge in [-0.1, -0.05) is 38.8 Å². The van der Waals surface area contributed by atoms with Crippen molar-refractivity contribution < 1.29 is 22.7 Å². The van der Waals surface area contributed by atoms with E-state index in [1.54, 1.807) is 17.0 Å². The topological polar surface area (TPSA) is 84.0 Å². The molecule has 0 spiro atoms. The SMILES string of the molecule is CC(C)c1ccc(S(=O)(=O)N2CCC(C(=O)OCC(=O)N3CCCCCC3)CC2)cc1. The number of hydrogen-bond acceptors (Lipinski definition) is 5. The lowest BCUT2D eigenvalue weighted by molar-refractivity contribution is -0.156. The predicted octanol–water partition coefficient (Wildman–Crippen LogP) is 3.16. The Labute approximate surface area is 185 Å². The second-order valence-corrected chi connectivity index (χ2v) is 10.7. The van der Waals surface area contributed by atoms with Crippen LogP contribution in [0.25, 0.3) is 0 Å². The van der Waals surface area contributed by atoms with E-state index < -0.39 is 16.0 Å². The predicted molar refractivity (Wildman–Crippen MR) is 118 cm³/mol. The van der Waals surface area contributed by atoms with Crippen LogP contribution in [0.3, 0.4) is 0 Å². The summed E-state index contributed by atoms with van der Waals surface area (Å²) >= 11 is 0. The molecule has 0 atom stereocenters. The number of esters is 1. The van der Waals surface area contributed by atoms with E-state index in [4.69, 9.17) is 4.74 Å². The Bertz CT molecular complexity index is 850. The zero-order chi connectivity index (χ0) is 22.4. The van der Waals surface area contributed by atoms with E-state index in [9.17, 15) is 18.0 Å². The summed E-state index contributed by atoms with van der Waals surface area (Å²) < 4.78 is 32.6. The van der Waals surface area contributed by atoms with E-state index in [1.807, 2.05) is 12.1 Å². The smallest absolute Gasteiger partial charge is 0.309 e. The molecule has 2 saturated heterocycles.